The average Bonchev–Trinajstić information content (AvgIpc) is 2.95. The number of fused-ring (bicyclic) bond motifs is 1. The normalized spacial score (nSPS) is 17.3. The SMILES string of the molecule is Cc1cc(C)c(Br)c(C(=O)N2CCn3c(C(C)C)nnc3C2C)c1. The van der Waals surface area contributed by atoms with Gasteiger partial charge in [-0.2, -0.15) is 0 Å². The molecule has 2 heterocycles. The molecule has 1 aliphatic rings. The van der Waals surface area contributed by atoms with E-state index in [1.165, 1.54) is 0 Å². The number of carbonyl (C=O) groups excluding carboxylic acids is 1. The third-order valence-electron chi connectivity index (χ3n) is 4.62. The molecule has 2 aromatic rings. The quantitative estimate of drug-likeness (QED) is 0.778. The van der Waals surface area contributed by atoms with Gasteiger partial charge in [-0.05, 0) is 53.9 Å². The molecule has 0 saturated heterocycles. The van der Waals surface area contributed by atoms with Gasteiger partial charge in [-0.15, -0.1) is 10.2 Å². The van der Waals surface area contributed by atoms with Crippen molar-refractivity contribution in [3.05, 3.63) is 44.9 Å². The third kappa shape index (κ3) is 2.77. The van der Waals surface area contributed by atoms with Crippen molar-refractivity contribution in [1.82, 2.24) is 19.7 Å². The summed E-state index contributed by atoms with van der Waals surface area (Å²) in [6.07, 6.45) is 0. The van der Waals surface area contributed by atoms with Crippen molar-refractivity contribution in [1.29, 1.82) is 0 Å². The fraction of sp³-hybridized carbons (Fsp3) is 0.500. The molecular formula is C18H23BrN4O. The van der Waals surface area contributed by atoms with E-state index in [1.54, 1.807) is 0 Å². The van der Waals surface area contributed by atoms with Crippen molar-refractivity contribution in [2.45, 2.75) is 53.1 Å². The van der Waals surface area contributed by atoms with Crippen LogP contribution in [0.4, 0.5) is 0 Å². The van der Waals surface area contributed by atoms with E-state index in [0.717, 1.165) is 39.4 Å². The Hall–Kier alpha value is -1.69. The highest BCUT2D eigenvalue weighted by Crippen LogP contribution is 2.31. The molecule has 0 fully saturated rings. The van der Waals surface area contributed by atoms with Crippen LogP contribution in [-0.4, -0.2) is 32.1 Å². The highest BCUT2D eigenvalue weighted by molar-refractivity contribution is 9.10. The van der Waals surface area contributed by atoms with Gasteiger partial charge in [0.05, 0.1) is 11.6 Å². The van der Waals surface area contributed by atoms with E-state index in [9.17, 15) is 4.79 Å². The fourth-order valence-electron chi connectivity index (χ4n) is 3.37. The fourth-order valence-corrected chi connectivity index (χ4v) is 3.77. The van der Waals surface area contributed by atoms with E-state index < -0.39 is 0 Å². The van der Waals surface area contributed by atoms with E-state index in [1.807, 2.05) is 31.7 Å². The molecule has 1 atom stereocenters. The minimum Gasteiger partial charge on any atom is -0.327 e. The Balaban J connectivity index is 1.95. The summed E-state index contributed by atoms with van der Waals surface area (Å²) in [5.41, 5.74) is 2.89. The molecule has 1 amide bonds. The lowest BCUT2D eigenvalue weighted by Crippen LogP contribution is -2.41. The molecule has 1 aromatic heterocycles. The van der Waals surface area contributed by atoms with Crippen LogP contribution >= 0.6 is 15.9 Å². The lowest BCUT2D eigenvalue weighted by atomic mass is 10.0. The van der Waals surface area contributed by atoms with E-state index in [0.29, 0.717) is 12.5 Å². The van der Waals surface area contributed by atoms with Crippen LogP contribution in [-0.2, 0) is 6.54 Å². The maximum absolute atomic E-state index is 13.1. The molecule has 1 aliphatic heterocycles. The third-order valence-corrected chi connectivity index (χ3v) is 5.67. The van der Waals surface area contributed by atoms with Crippen molar-refractivity contribution in [2.24, 2.45) is 0 Å². The van der Waals surface area contributed by atoms with Gasteiger partial charge in [-0.1, -0.05) is 19.9 Å². The van der Waals surface area contributed by atoms with Crippen LogP contribution in [0.5, 0.6) is 0 Å². The van der Waals surface area contributed by atoms with Crippen LogP contribution in [0.1, 0.15) is 65.9 Å². The highest BCUT2D eigenvalue weighted by Gasteiger charge is 2.33. The number of carbonyl (C=O) groups is 1. The second-order valence-corrected chi connectivity index (χ2v) is 7.63. The standard InChI is InChI=1S/C18H23BrN4O/c1-10(2)16-20-21-17-13(5)22(6-7-23(16)17)18(24)14-9-11(3)8-12(4)15(14)19/h8-10,13H,6-7H2,1-5H3. The molecule has 128 valence electrons. The molecule has 0 N–H and O–H groups in total. The molecule has 0 bridgehead atoms. The van der Waals surface area contributed by atoms with Gasteiger partial charge in [0, 0.05) is 23.5 Å². The van der Waals surface area contributed by atoms with Crippen LogP contribution in [0.2, 0.25) is 0 Å². The zero-order valence-corrected chi connectivity index (χ0v) is 16.4. The number of benzene rings is 1. The highest BCUT2D eigenvalue weighted by atomic mass is 79.9. The minimum absolute atomic E-state index is 0.0431. The molecule has 24 heavy (non-hydrogen) atoms. The lowest BCUT2D eigenvalue weighted by Gasteiger charge is -2.34. The molecule has 0 radical (unpaired) electrons. The molecular weight excluding hydrogens is 368 g/mol. The van der Waals surface area contributed by atoms with Crippen LogP contribution in [0.3, 0.4) is 0 Å². The molecule has 0 saturated carbocycles. The summed E-state index contributed by atoms with van der Waals surface area (Å²) in [6.45, 7) is 11.7. The number of aromatic nitrogens is 3. The number of halogens is 1. The molecule has 6 heteroatoms. The number of amides is 1. The topological polar surface area (TPSA) is 51.0 Å². The first kappa shape index (κ1) is 17.1. The lowest BCUT2D eigenvalue weighted by molar-refractivity contribution is 0.0635. The molecule has 0 spiro atoms. The van der Waals surface area contributed by atoms with Gasteiger partial charge in [-0.3, -0.25) is 4.79 Å². The summed E-state index contributed by atoms with van der Waals surface area (Å²) in [4.78, 5) is 15.0. The second kappa shape index (κ2) is 6.31. The monoisotopic (exact) mass is 390 g/mol. The Morgan fingerprint density at radius 3 is 2.62 bits per heavy atom. The van der Waals surface area contributed by atoms with Crippen molar-refractivity contribution in [2.75, 3.05) is 6.54 Å². The summed E-state index contributed by atoms with van der Waals surface area (Å²) in [5, 5.41) is 8.68. The Morgan fingerprint density at radius 1 is 1.25 bits per heavy atom. The molecule has 3 rings (SSSR count). The molecule has 1 aromatic carbocycles. The van der Waals surface area contributed by atoms with Crippen molar-refractivity contribution in [3.8, 4) is 0 Å². The zero-order chi connectivity index (χ0) is 17.6. The number of hydrogen-bond donors (Lipinski definition) is 0. The predicted molar refractivity (Wildman–Crippen MR) is 97.2 cm³/mol. The van der Waals surface area contributed by atoms with Crippen molar-refractivity contribution in [3.63, 3.8) is 0 Å². The summed E-state index contributed by atoms with van der Waals surface area (Å²) >= 11 is 3.58. The van der Waals surface area contributed by atoms with Gasteiger partial charge in [0.1, 0.15) is 5.82 Å². The summed E-state index contributed by atoms with van der Waals surface area (Å²) in [6, 6.07) is 3.94. The Morgan fingerprint density at radius 2 is 1.96 bits per heavy atom. The first-order valence-corrected chi connectivity index (χ1v) is 9.11. The maximum Gasteiger partial charge on any atom is 0.255 e. The van der Waals surface area contributed by atoms with Gasteiger partial charge in [0.15, 0.2) is 5.82 Å². The van der Waals surface area contributed by atoms with Crippen LogP contribution in [0, 0.1) is 13.8 Å². The number of aryl methyl sites for hydroxylation is 2. The van der Waals surface area contributed by atoms with E-state index in [4.69, 9.17) is 0 Å². The van der Waals surface area contributed by atoms with Gasteiger partial charge in [-0.25, -0.2) is 0 Å². The molecule has 0 aliphatic carbocycles. The summed E-state index contributed by atoms with van der Waals surface area (Å²) in [5.74, 6) is 2.24. The Bertz CT molecular complexity index is 797. The predicted octanol–water partition coefficient (Wildman–Crippen LogP) is 4.00. The second-order valence-electron chi connectivity index (χ2n) is 6.84. The summed E-state index contributed by atoms with van der Waals surface area (Å²) in [7, 11) is 0. The van der Waals surface area contributed by atoms with Crippen molar-refractivity contribution < 1.29 is 4.79 Å². The Kier molecular flexibility index (Phi) is 4.51. The average molecular weight is 391 g/mol. The van der Waals surface area contributed by atoms with Gasteiger partial charge >= 0.3 is 0 Å². The molecule has 5 nitrogen and oxygen atoms in total. The van der Waals surface area contributed by atoms with Crippen LogP contribution < -0.4 is 0 Å². The van der Waals surface area contributed by atoms with Gasteiger partial charge in [0.2, 0.25) is 0 Å². The van der Waals surface area contributed by atoms with Crippen LogP contribution in [0.25, 0.3) is 0 Å². The first-order chi connectivity index (χ1) is 11.3. The number of nitrogens with zero attached hydrogens (tertiary/aromatic N) is 4. The van der Waals surface area contributed by atoms with Gasteiger partial charge < -0.3 is 9.47 Å². The van der Waals surface area contributed by atoms with E-state index in [-0.39, 0.29) is 11.9 Å². The summed E-state index contributed by atoms with van der Waals surface area (Å²) < 4.78 is 3.04. The first-order valence-electron chi connectivity index (χ1n) is 8.32. The number of rotatable bonds is 2. The largest absolute Gasteiger partial charge is 0.327 e. The Labute approximate surface area is 151 Å². The van der Waals surface area contributed by atoms with Crippen LogP contribution in [0.15, 0.2) is 16.6 Å². The van der Waals surface area contributed by atoms with Crippen molar-refractivity contribution >= 4 is 21.8 Å². The minimum atomic E-state index is -0.0843. The maximum atomic E-state index is 13.1. The van der Waals surface area contributed by atoms with Gasteiger partial charge in [0.25, 0.3) is 5.91 Å². The van der Waals surface area contributed by atoms with E-state index >= 15 is 0 Å². The number of hydrogen-bond acceptors (Lipinski definition) is 3. The van der Waals surface area contributed by atoms with E-state index in [2.05, 4.69) is 50.6 Å². The molecule has 1 unspecified atom stereocenters. The zero-order valence-electron chi connectivity index (χ0n) is 14.8. The smallest absolute Gasteiger partial charge is 0.255 e.